The van der Waals surface area contributed by atoms with Gasteiger partial charge in [-0.25, -0.2) is 0 Å². The van der Waals surface area contributed by atoms with E-state index in [0.717, 1.165) is 16.9 Å². The molecule has 1 amide bonds. The van der Waals surface area contributed by atoms with Crippen LogP contribution >= 0.6 is 11.6 Å². The number of aryl methyl sites for hydroxylation is 1. The van der Waals surface area contributed by atoms with Crippen LogP contribution < -0.4 is 20.1 Å². The highest BCUT2D eigenvalue weighted by Crippen LogP contribution is 2.30. The number of halogens is 1. The van der Waals surface area contributed by atoms with Gasteiger partial charge in [-0.2, -0.15) is 0 Å². The molecule has 0 atom stereocenters. The van der Waals surface area contributed by atoms with Crippen LogP contribution in [0.1, 0.15) is 17.5 Å². The van der Waals surface area contributed by atoms with E-state index in [0.29, 0.717) is 36.0 Å². The molecule has 0 spiro atoms. The fraction of sp³-hybridized carbons (Fsp3) is 0.316. The molecule has 2 rings (SSSR count). The van der Waals surface area contributed by atoms with Gasteiger partial charge in [0.15, 0.2) is 0 Å². The second-order valence-corrected chi connectivity index (χ2v) is 6.00. The van der Waals surface area contributed by atoms with Crippen molar-refractivity contribution >= 4 is 23.2 Å². The zero-order valence-electron chi connectivity index (χ0n) is 14.7. The normalized spacial score (nSPS) is 10.4. The van der Waals surface area contributed by atoms with E-state index in [-0.39, 0.29) is 5.91 Å². The predicted octanol–water partition coefficient (Wildman–Crippen LogP) is 3.78. The summed E-state index contributed by atoms with van der Waals surface area (Å²) in [6.07, 6.45) is 0.347. The molecule has 134 valence electrons. The number of carbonyl (C=O) groups is 1. The number of carbonyl (C=O) groups excluding carboxylic acids is 1. The number of rotatable bonds is 8. The van der Waals surface area contributed by atoms with E-state index in [9.17, 15) is 4.79 Å². The molecule has 0 saturated heterocycles. The van der Waals surface area contributed by atoms with Gasteiger partial charge >= 0.3 is 0 Å². The van der Waals surface area contributed by atoms with Gasteiger partial charge < -0.3 is 20.1 Å². The third-order valence-electron chi connectivity index (χ3n) is 3.79. The molecule has 0 saturated carbocycles. The van der Waals surface area contributed by atoms with E-state index in [2.05, 4.69) is 10.6 Å². The van der Waals surface area contributed by atoms with Crippen molar-refractivity contribution in [2.24, 2.45) is 0 Å². The molecule has 0 aliphatic rings. The van der Waals surface area contributed by atoms with Crippen molar-refractivity contribution < 1.29 is 14.3 Å². The molecular formula is C19H23ClN2O3. The molecule has 0 aromatic heterocycles. The number of nitrogens with one attached hydrogen (secondary N) is 2. The molecular weight excluding hydrogens is 340 g/mol. The van der Waals surface area contributed by atoms with Crippen molar-refractivity contribution in [2.45, 2.75) is 19.9 Å². The summed E-state index contributed by atoms with van der Waals surface area (Å²) >= 11 is 6.07. The summed E-state index contributed by atoms with van der Waals surface area (Å²) < 4.78 is 10.6. The van der Waals surface area contributed by atoms with Crippen molar-refractivity contribution in [1.29, 1.82) is 0 Å². The number of ether oxygens (including phenoxy) is 2. The summed E-state index contributed by atoms with van der Waals surface area (Å²) in [6, 6.07) is 11.3. The number of amides is 1. The number of hydrogen-bond acceptors (Lipinski definition) is 4. The maximum atomic E-state index is 12.1. The highest BCUT2D eigenvalue weighted by Gasteiger charge is 2.10. The summed E-state index contributed by atoms with van der Waals surface area (Å²) in [5, 5.41) is 6.72. The van der Waals surface area contributed by atoms with Gasteiger partial charge in [-0.15, -0.1) is 0 Å². The molecule has 0 unspecified atom stereocenters. The molecule has 0 bridgehead atoms. The Morgan fingerprint density at radius 2 is 1.84 bits per heavy atom. The Balaban J connectivity index is 1.84. The van der Waals surface area contributed by atoms with Gasteiger partial charge in [0, 0.05) is 36.2 Å². The van der Waals surface area contributed by atoms with Gasteiger partial charge in [-0.1, -0.05) is 29.8 Å². The molecule has 0 aliphatic carbocycles. The van der Waals surface area contributed by atoms with Crippen molar-refractivity contribution in [3.8, 4) is 11.5 Å². The minimum absolute atomic E-state index is 0.0902. The maximum Gasteiger partial charge on any atom is 0.225 e. The van der Waals surface area contributed by atoms with E-state index in [1.54, 1.807) is 26.4 Å². The smallest absolute Gasteiger partial charge is 0.225 e. The summed E-state index contributed by atoms with van der Waals surface area (Å²) in [6.45, 7) is 3.08. The average Bonchev–Trinajstić information content (AvgIpc) is 2.62. The van der Waals surface area contributed by atoms with Gasteiger partial charge in [0.1, 0.15) is 11.5 Å². The lowest BCUT2D eigenvalue weighted by molar-refractivity contribution is -0.116. The molecule has 2 aromatic rings. The molecule has 2 N–H and O–H groups in total. The topological polar surface area (TPSA) is 59.6 Å². The summed E-state index contributed by atoms with van der Waals surface area (Å²) in [4.78, 5) is 12.1. The van der Waals surface area contributed by atoms with Gasteiger partial charge in [0.2, 0.25) is 5.91 Å². The van der Waals surface area contributed by atoms with Crippen LogP contribution in [0.2, 0.25) is 5.02 Å². The average molecular weight is 363 g/mol. The predicted molar refractivity (Wildman–Crippen MR) is 101 cm³/mol. The Morgan fingerprint density at radius 3 is 2.56 bits per heavy atom. The Hall–Kier alpha value is -2.24. The largest absolute Gasteiger partial charge is 0.496 e. The fourth-order valence-electron chi connectivity index (χ4n) is 2.42. The van der Waals surface area contributed by atoms with Gasteiger partial charge in [0.25, 0.3) is 0 Å². The van der Waals surface area contributed by atoms with Crippen molar-refractivity contribution in [2.75, 3.05) is 26.1 Å². The Bertz CT molecular complexity index is 735. The highest BCUT2D eigenvalue weighted by molar-refractivity contribution is 6.31. The number of anilines is 1. The van der Waals surface area contributed by atoms with Crippen LogP contribution in [0.3, 0.4) is 0 Å². The second-order valence-electron chi connectivity index (χ2n) is 5.59. The van der Waals surface area contributed by atoms with E-state index in [1.807, 2.05) is 31.2 Å². The molecule has 6 heteroatoms. The molecule has 25 heavy (non-hydrogen) atoms. The van der Waals surface area contributed by atoms with Gasteiger partial charge in [-0.3, -0.25) is 4.79 Å². The quantitative estimate of drug-likeness (QED) is 0.701. The Morgan fingerprint density at radius 1 is 1.12 bits per heavy atom. The molecule has 0 radical (unpaired) electrons. The van der Waals surface area contributed by atoms with Gasteiger partial charge in [0.05, 0.1) is 19.9 Å². The molecule has 2 aromatic carbocycles. The Kier molecular flexibility index (Phi) is 7.10. The lowest BCUT2D eigenvalue weighted by atomic mass is 10.2. The summed E-state index contributed by atoms with van der Waals surface area (Å²) in [5.74, 6) is 1.29. The van der Waals surface area contributed by atoms with Crippen molar-refractivity contribution in [1.82, 2.24) is 5.32 Å². The van der Waals surface area contributed by atoms with Crippen molar-refractivity contribution in [3.63, 3.8) is 0 Å². The zero-order chi connectivity index (χ0) is 18.2. The molecule has 5 nitrogen and oxygen atoms in total. The van der Waals surface area contributed by atoms with E-state index in [4.69, 9.17) is 21.1 Å². The van der Waals surface area contributed by atoms with Crippen LogP contribution in [0.15, 0.2) is 36.4 Å². The SMILES string of the molecule is COc1ccccc1CNCCC(=O)Nc1cc(C)c(Cl)cc1OC. The molecule has 0 heterocycles. The van der Waals surface area contributed by atoms with E-state index >= 15 is 0 Å². The molecule has 0 fully saturated rings. The van der Waals surface area contributed by atoms with Crippen LogP contribution in [0.5, 0.6) is 11.5 Å². The lowest BCUT2D eigenvalue weighted by Gasteiger charge is -2.13. The van der Waals surface area contributed by atoms with Crippen LogP contribution in [0, 0.1) is 6.92 Å². The Labute approximate surface area is 153 Å². The van der Waals surface area contributed by atoms with Crippen LogP contribution in [-0.4, -0.2) is 26.7 Å². The zero-order valence-corrected chi connectivity index (χ0v) is 15.4. The number of para-hydroxylation sites is 1. The van der Waals surface area contributed by atoms with Crippen LogP contribution in [0.25, 0.3) is 0 Å². The minimum Gasteiger partial charge on any atom is -0.496 e. The maximum absolute atomic E-state index is 12.1. The summed E-state index contributed by atoms with van der Waals surface area (Å²) in [5.41, 5.74) is 2.56. The second kappa shape index (κ2) is 9.30. The third-order valence-corrected chi connectivity index (χ3v) is 4.20. The minimum atomic E-state index is -0.0902. The van der Waals surface area contributed by atoms with Gasteiger partial charge in [-0.05, 0) is 24.6 Å². The van der Waals surface area contributed by atoms with E-state index < -0.39 is 0 Å². The number of benzene rings is 2. The van der Waals surface area contributed by atoms with Crippen LogP contribution in [-0.2, 0) is 11.3 Å². The standard InChI is InChI=1S/C19H23ClN2O3/c1-13-10-16(18(25-3)11-15(13)20)22-19(23)8-9-21-12-14-6-4-5-7-17(14)24-2/h4-7,10-11,21H,8-9,12H2,1-3H3,(H,22,23). The third kappa shape index (κ3) is 5.37. The first-order chi connectivity index (χ1) is 12.0. The lowest BCUT2D eigenvalue weighted by Crippen LogP contribution is -2.22. The fourth-order valence-corrected chi connectivity index (χ4v) is 2.57. The first-order valence-corrected chi connectivity index (χ1v) is 8.39. The van der Waals surface area contributed by atoms with Crippen molar-refractivity contribution in [3.05, 3.63) is 52.5 Å². The van der Waals surface area contributed by atoms with E-state index in [1.165, 1.54) is 0 Å². The highest BCUT2D eigenvalue weighted by atomic mass is 35.5. The molecule has 0 aliphatic heterocycles. The van der Waals surface area contributed by atoms with Crippen LogP contribution in [0.4, 0.5) is 5.69 Å². The number of methoxy groups -OCH3 is 2. The monoisotopic (exact) mass is 362 g/mol. The first-order valence-electron chi connectivity index (χ1n) is 8.01. The number of hydrogen-bond donors (Lipinski definition) is 2. The first kappa shape index (κ1) is 19.1. The summed E-state index contributed by atoms with van der Waals surface area (Å²) in [7, 11) is 3.19.